The second-order valence-electron chi connectivity index (χ2n) is 13.6. The van der Waals surface area contributed by atoms with Crippen molar-refractivity contribution in [2.75, 3.05) is 10.3 Å². The lowest BCUT2D eigenvalue weighted by Crippen LogP contribution is -2.53. The number of carbonyl (C=O) groups is 4. The van der Waals surface area contributed by atoms with Crippen LogP contribution >= 0.6 is 0 Å². The Labute approximate surface area is 288 Å². The molecule has 11 heteroatoms. The first kappa shape index (κ1) is 31.7. The van der Waals surface area contributed by atoms with Gasteiger partial charge in [-0.3, -0.25) is 29.5 Å². The summed E-state index contributed by atoms with van der Waals surface area (Å²) in [4.78, 5) is 59.4. The number of rotatable bonds is 6. The highest BCUT2D eigenvalue weighted by Gasteiger charge is 2.70. The molecule has 4 aromatic carbocycles. The van der Waals surface area contributed by atoms with E-state index in [-0.39, 0.29) is 29.7 Å². The topological polar surface area (TPSA) is 147 Å². The monoisotopic (exact) mass is 667 g/mol. The Morgan fingerprint density at radius 3 is 2.24 bits per heavy atom. The molecule has 0 unspecified atom stereocenters. The molecule has 4 N–H and O–H groups in total. The van der Waals surface area contributed by atoms with Crippen LogP contribution < -0.4 is 15.8 Å². The second-order valence-corrected chi connectivity index (χ2v) is 13.6. The summed E-state index contributed by atoms with van der Waals surface area (Å²) in [5, 5.41) is 32.1. The van der Waals surface area contributed by atoms with Crippen LogP contribution in [0, 0.1) is 30.6 Å². The lowest BCUT2D eigenvalue weighted by atomic mass is 9.49. The van der Waals surface area contributed by atoms with Crippen LogP contribution in [0.1, 0.15) is 35.4 Å². The number of allylic oxidation sites excluding steroid dienone is 2. The van der Waals surface area contributed by atoms with Crippen molar-refractivity contribution in [3.63, 3.8) is 0 Å². The molecule has 2 aliphatic carbocycles. The first-order valence-corrected chi connectivity index (χ1v) is 16.7. The van der Waals surface area contributed by atoms with Crippen LogP contribution in [0.25, 0.3) is 0 Å². The zero-order chi connectivity index (χ0) is 34.9. The van der Waals surface area contributed by atoms with Crippen molar-refractivity contribution in [2.45, 2.75) is 31.1 Å². The number of aromatic hydroxyl groups is 1. The number of imide groups is 2. The molecule has 2 heterocycles. The van der Waals surface area contributed by atoms with E-state index in [0.717, 1.165) is 21.0 Å². The second kappa shape index (κ2) is 11.8. The number of nitrogens with zero attached hydrogens (tertiary/aromatic N) is 2. The summed E-state index contributed by atoms with van der Waals surface area (Å²) in [7, 11) is -1.79. The van der Waals surface area contributed by atoms with Crippen LogP contribution in [0.15, 0.2) is 115 Å². The molecule has 250 valence electrons. The van der Waals surface area contributed by atoms with Crippen LogP contribution in [-0.4, -0.2) is 50.9 Å². The lowest BCUT2D eigenvalue weighted by Gasteiger charge is -2.50. The third kappa shape index (κ3) is 4.57. The van der Waals surface area contributed by atoms with E-state index in [9.17, 15) is 29.5 Å². The molecule has 2 aliphatic heterocycles. The summed E-state index contributed by atoms with van der Waals surface area (Å²) in [5.41, 5.74) is 5.32. The molecule has 8 rings (SSSR count). The number of nitrogens with one attached hydrogen (secondary N) is 1. The number of hydrazine groups is 1. The highest BCUT2D eigenvalue weighted by molar-refractivity contribution is 6.58. The maximum Gasteiger partial charge on any atom is 0.488 e. The van der Waals surface area contributed by atoms with Crippen molar-refractivity contribution >= 4 is 47.6 Å². The number of benzene rings is 4. The van der Waals surface area contributed by atoms with Crippen molar-refractivity contribution < 1.29 is 34.3 Å². The number of hydrogen-bond donors (Lipinski definition) is 4. The quantitative estimate of drug-likeness (QED) is 0.139. The van der Waals surface area contributed by atoms with Crippen molar-refractivity contribution in [1.29, 1.82) is 0 Å². The third-order valence-electron chi connectivity index (χ3n) is 11.1. The van der Waals surface area contributed by atoms with Gasteiger partial charge < -0.3 is 15.2 Å². The number of hydrogen-bond acceptors (Lipinski definition) is 8. The third-order valence-corrected chi connectivity index (χ3v) is 11.1. The Kier molecular flexibility index (Phi) is 7.50. The summed E-state index contributed by atoms with van der Waals surface area (Å²) in [6, 6.07) is 29.3. The van der Waals surface area contributed by atoms with Gasteiger partial charge in [0.1, 0.15) is 5.75 Å². The van der Waals surface area contributed by atoms with Gasteiger partial charge in [0.15, 0.2) is 0 Å². The molecule has 4 aliphatic rings. The van der Waals surface area contributed by atoms with Gasteiger partial charge in [-0.15, -0.1) is 0 Å². The summed E-state index contributed by atoms with van der Waals surface area (Å²) < 4.78 is 0. The molecular weight excluding hydrogens is 633 g/mol. The predicted molar refractivity (Wildman–Crippen MR) is 186 cm³/mol. The fourth-order valence-electron chi connectivity index (χ4n) is 8.90. The van der Waals surface area contributed by atoms with Crippen LogP contribution in [-0.2, 0) is 24.6 Å². The number of para-hydroxylation sites is 1. The predicted octanol–water partition coefficient (Wildman–Crippen LogP) is 3.57. The van der Waals surface area contributed by atoms with Gasteiger partial charge in [-0.05, 0) is 67.0 Å². The van der Waals surface area contributed by atoms with E-state index in [1.165, 1.54) is 12.1 Å². The van der Waals surface area contributed by atoms with Gasteiger partial charge in [0.2, 0.25) is 11.8 Å². The molecule has 10 nitrogen and oxygen atoms in total. The maximum absolute atomic E-state index is 15.1. The van der Waals surface area contributed by atoms with E-state index in [1.807, 2.05) is 55.5 Å². The minimum Gasteiger partial charge on any atom is -0.508 e. The van der Waals surface area contributed by atoms with E-state index in [2.05, 4.69) is 5.43 Å². The van der Waals surface area contributed by atoms with E-state index in [0.29, 0.717) is 16.8 Å². The van der Waals surface area contributed by atoms with Crippen LogP contribution in [0.5, 0.6) is 5.75 Å². The molecule has 0 bridgehead atoms. The van der Waals surface area contributed by atoms with E-state index in [4.69, 9.17) is 0 Å². The lowest BCUT2D eigenvalue weighted by molar-refractivity contribution is -0.138. The van der Waals surface area contributed by atoms with Gasteiger partial charge >= 0.3 is 7.12 Å². The van der Waals surface area contributed by atoms with E-state index in [1.54, 1.807) is 48.5 Å². The SMILES string of the molecule is Cc1ccc(NN2C(=O)[C@@H]3C[C@@H]4C(=CC[C@@H]5C(=O)N(c6cccc(B(O)O)c6)C(=O)[C@@H]54)[C@H](c4ccccc4O)[C@]3(c3ccccc3)C2=O)cc1. The van der Waals surface area contributed by atoms with Crippen LogP contribution in [0.2, 0.25) is 0 Å². The molecule has 0 radical (unpaired) electrons. The van der Waals surface area contributed by atoms with Crippen molar-refractivity contribution in [3.8, 4) is 5.75 Å². The highest BCUT2D eigenvalue weighted by atomic mass is 16.4. The molecule has 6 atom stereocenters. The molecule has 1 saturated carbocycles. The number of aryl methyl sites for hydroxylation is 1. The Bertz CT molecular complexity index is 2080. The molecule has 4 aromatic rings. The van der Waals surface area contributed by atoms with Gasteiger partial charge in [-0.25, -0.2) is 0 Å². The zero-order valence-corrected chi connectivity index (χ0v) is 27.1. The molecule has 0 aromatic heterocycles. The smallest absolute Gasteiger partial charge is 0.488 e. The number of amides is 4. The van der Waals surface area contributed by atoms with Crippen LogP contribution in [0.4, 0.5) is 11.4 Å². The standard InChI is InChI=1S/C39H34BN3O7/c1-22-14-16-25(17-15-22)41-43-36(46)31-21-30-27(18-19-29-33(30)37(47)42(35(29)45)26-11-7-10-24(20-26)40(49)50)34(28-12-5-6-13-32(28)44)39(31,38(43)48)23-8-3-2-4-9-23/h2-18,20,29-31,33-34,41,44,49-50H,19,21H2,1H3/t29-,30+,31-,33-,34+,39+/m0/s1. The molecule has 3 fully saturated rings. The average molecular weight is 668 g/mol. The van der Waals surface area contributed by atoms with Gasteiger partial charge in [-0.2, -0.15) is 5.01 Å². The Hall–Kier alpha value is -5.52. The zero-order valence-electron chi connectivity index (χ0n) is 27.1. The van der Waals surface area contributed by atoms with Crippen molar-refractivity contribution in [1.82, 2.24) is 5.01 Å². The van der Waals surface area contributed by atoms with Crippen molar-refractivity contribution in [2.24, 2.45) is 23.7 Å². The summed E-state index contributed by atoms with van der Waals surface area (Å²) >= 11 is 0. The van der Waals surface area contributed by atoms with Gasteiger partial charge in [-0.1, -0.05) is 90.0 Å². The molecule has 50 heavy (non-hydrogen) atoms. The number of fused-ring (bicyclic) bond motifs is 4. The first-order chi connectivity index (χ1) is 24.1. The Morgan fingerprint density at radius 1 is 0.800 bits per heavy atom. The average Bonchev–Trinajstić information content (AvgIpc) is 3.50. The van der Waals surface area contributed by atoms with Gasteiger partial charge in [0.25, 0.3) is 11.8 Å². The molecule has 2 saturated heterocycles. The fourth-order valence-corrected chi connectivity index (χ4v) is 8.90. The summed E-state index contributed by atoms with van der Waals surface area (Å²) in [5.74, 6) is -5.79. The minimum absolute atomic E-state index is 0.0461. The fraction of sp³-hybridized carbons (Fsp3) is 0.231. The number of phenols is 1. The highest BCUT2D eigenvalue weighted by Crippen LogP contribution is 2.64. The van der Waals surface area contributed by atoms with E-state index >= 15 is 4.79 Å². The Balaban J connectivity index is 1.30. The molecule has 0 spiro atoms. The summed E-state index contributed by atoms with van der Waals surface area (Å²) in [6.45, 7) is 1.94. The molecular formula is C39H34BN3O7. The van der Waals surface area contributed by atoms with E-state index < -0.39 is 65.8 Å². The van der Waals surface area contributed by atoms with Gasteiger partial charge in [0.05, 0.1) is 34.5 Å². The van der Waals surface area contributed by atoms with Crippen molar-refractivity contribution in [3.05, 3.63) is 131 Å². The van der Waals surface area contributed by atoms with Crippen LogP contribution in [0.3, 0.4) is 0 Å². The number of carbonyl (C=O) groups excluding carboxylic acids is 4. The number of anilines is 2. The Morgan fingerprint density at radius 2 is 1.52 bits per heavy atom. The first-order valence-electron chi connectivity index (χ1n) is 16.7. The number of phenolic OH excluding ortho intramolecular Hbond substituents is 1. The minimum atomic E-state index is -1.79. The van der Waals surface area contributed by atoms with Gasteiger partial charge in [0, 0.05) is 11.5 Å². The molecule has 4 amide bonds. The summed E-state index contributed by atoms with van der Waals surface area (Å²) in [6.07, 6.45) is 2.26. The normalized spacial score (nSPS) is 27.1. The maximum atomic E-state index is 15.1. The largest absolute Gasteiger partial charge is 0.508 e.